The van der Waals surface area contributed by atoms with Crippen molar-refractivity contribution in [2.75, 3.05) is 0 Å². The van der Waals surface area contributed by atoms with Crippen LogP contribution in [0.1, 0.15) is 28.3 Å². The zero-order valence-corrected chi connectivity index (χ0v) is 10.3. The molecular formula is C14H13F3N2. The molecule has 1 atom stereocenters. The van der Waals surface area contributed by atoms with Crippen molar-refractivity contribution in [3.63, 3.8) is 0 Å². The van der Waals surface area contributed by atoms with Gasteiger partial charge in [0, 0.05) is 12.4 Å². The van der Waals surface area contributed by atoms with Gasteiger partial charge in [0.2, 0.25) is 0 Å². The zero-order chi connectivity index (χ0) is 14.0. The molecule has 2 nitrogen and oxygen atoms in total. The molecule has 2 aromatic rings. The fraction of sp³-hybridized carbons (Fsp3) is 0.214. The first-order chi connectivity index (χ1) is 8.89. The molecule has 1 aromatic carbocycles. The molecule has 5 heteroatoms. The fourth-order valence-corrected chi connectivity index (χ4v) is 1.92. The van der Waals surface area contributed by atoms with E-state index in [9.17, 15) is 13.2 Å². The first kappa shape index (κ1) is 13.5. The molecule has 0 aliphatic carbocycles. The number of hydrogen-bond donors (Lipinski definition) is 1. The Morgan fingerprint density at radius 2 is 1.95 bits per heavy atom. The van der Waals surface area contributed by atoms with Gasteiger partial charge in [0.1, 0.15) is 0 Å². The zero-order valence-electron chi connectivity index (χ0n) is 10.3. The van der Waals surface area contributed by atoms with Crippen molar-refractivity contribution in [2.24, 2.45) is 5.73 Å². The van der Waals surface area contributed by atoms with Crippen LogP contribution in [-0.4, -0.2) is 4.98 Å². The molecule has 2 rings (SSSR count). The van der Waals surface area contributed by atoms with Crippen LogP contribution in [0, 0.1) is 6.92 Å². The smallest absolute Gasteiger partial charge is 0.320 e. The average Bonchev–Trinajstić information content (AvgIpc) is 2.38. The van der Waals surface area contributed by atoms with Gasteiger partial charge in [0.15, 0.2) is 0 Å². The Balaban J connectivity index is 2.40. The standard InChI is InChI=1S/C14H13F3N2/c1-9-8-19-6-5-12(9)13(18)10-3-2-4-11(7-10)14(15,16)17/h2-8,13H,18H2,1H3. The van der Waals surface area contributed by atoms with Gasteiger partial charge in [-0.15, -0.1) is 0 Å². The normalized spacial score (nSPS) is 13.3. The SMILES string of the molecule is Cc1cnccc1C(N)c1cccc(C(F)(F)F)c1. The van der Waals surface area contributed by atoms with Crippen molar-refractivity contribution in [1.29, 1.82) is 0 Å². The van der Waals surface area contributed by atoms with Crippen LogP contribution in [0.15, 0.2) is 42.7 Å². The summed E-state index contributed by atoms with van der Waals surface area (Å²) >= 11 is 0. The molecule has 1 aromatic heterocycles. The van der Waals surface area contributed by atoms with Crippen molar-refractivity contribution in [3.05, 3.63) is 65.0 Å². The molecule has 19 heavy (non-hydrogen) atoms. The summed E-state index contributed by atoms with van der Waals surface area (Å²) in [6.45, 7) is 1.83. The lowest BCUT2D eigenvalue weighted by molar-refractivity contribution is -0.137. The topological polar surface area (TPSA) is 38.9 Å². The van der Waals surface area contributed by atoms with Gasteiger partial charge in [-0.2, -0.15) is 13.2 Å². The number of pyridine rings is 1. The second kappa shape index (κ2) is 5.01. The summed E-state index contributed by atoms with van der Waals surface area (Å²) in [4.78, 5) is 3.94. The Morgan fingerprint density at radius 3 is 2.58 bits per heavy atom. The summed E-state index contributed by atoms with van der Waals surface area (Å²) in [6.07, 6.45) is -1.14. The lowest BCUT2D eigenvalue weighted by Crippen LogP contribution is -2.15. The van der Waals surface area contributed by atoms with Gasteiger partial charge in [0.25, 0.3) is 0 Å². The van der Waals surface area contributed by atoms with Gasteiger partial charge in [-0.1, -0.05) is 12.1 Å². The number of aryl methyl sites for hydroxylation is 1. The van der Waals surface area contributed by atoms with Crippen LogP contribution in [-0.2, 0) is 6.18 Å². The fourth-order valence-electron chi connectivity index (χ4n) is 1.92. The third-order valence-corrected chi connectivity index (χ3v) is 2.97. The molecule has 0 amide bonds. The average molecular weight is 266 g/mol. The highest BCUT2D eigenvalue weighted by Gasteiger charge is 2.30. The van der Waals surface area contributed by atoms with Crippen molar-refractivity contribution in [3.8, 4) is 0 Å². The Kier molecular flexibility index (Phi) is 3.57. The Bertz CT molecular complexity index is 579. The molecule has 0 bridgehead atoms. The summed E-state index contributed by atoms with van der Waals surface area (Å²) in [5, 5.41) is 0. The third-order valence-electron chi connectivity index (χ3n) is 2.97. The van der Waals surface area contributed by atoms with E-state index in [0.717, 1.165) is 23.3 Å². The number of benzene rings is 1. The van der Waals surface area contributed by atoms with Gasteiger partial charge < -0.3 is 5.73 Å². The predicted octanol–water partition coefficient (Wildman–Crippen LogP) is 3.46. The maximum absolute atomic E-state index is 12.7. The summed E-state index contributed by atoms with van der Waals surface area (Å²) in [6, 6.07) is 6.22. The van der Waals surface area contributed by atoms with Crippen LogP contribution in [0.25, 0.3) is 0 Å². The van der Waals surface area contributed by atoms with Gasteiger partial charge in [-0.05, 0) is 41.8 Å². The van der Waals surface area contributed by atoms with Crippen molar-refractivity contribution < 1.29 is 13.2 Å². The van der Waals surface area contributed by atoms with E-state index in [0.29, 0.717) is 5.56 Å². The quantitative estimate of drug-likeness (QED) is 0.904. The second-order valence-corrected chi connectivity index (χ2v) is 4.33. The molecule has 0 radical (unpaired) electrons. The van der Waals surface area contributed by atoms with Crippen LogP contribution in [0.4, 0.5) is 13.2 Å². The van der Waals surface area contributed by atoms with Crippen LogP contribution < -0.4 is 5.73 Å². The molecule has 0 aliphatic heterocycles. The molecule has 100 valence electrons. The Hall–Kier alpha value is -1.88. The largest absolute Gasteiger partial charge is 0.416 e. The maximum Gasteiger partial charge on any atom is 0.416 e. The number of alkyl halides is 3. The van der Waals surface area contributed by atoms with Crippen molar-refractivity contribution in [1.82, 2.24) is 4.98 Å². The summed E-state index contributed by atoms with van der Waals surface area (Å²) in [7, 11) is 0. The second-order valence-electron chi connectivity index (χ2n) is 4.33. The van der Waals surface area contributed by atoms with E-state index in [2.05, 4.69) is 4.98 Å². The van der Waals surface area contributed by atoms with Crippen molar-refractivity contribution >= 4 is 0 Å². The molecular weight excluding hydrogens is 253 g/mol. The molecule has 0 saturated carbocycles. The maximum atomic E-state index is 12.7. The van der Waals surface area contributed by atoms with E-state index in [-0.39, 0.29) is 0 Å². The molecule has 0 spiro atoms. The minimum Gasteiger partial charge on any atom is -0.320 e. The third kappa shape index (κ3) is 2.93. The van der Waals surface area contributed by atoms with Crippen LogP contribution in [0.5, 0.6) is 0 Å². The Labute approximate surface area is 109 Å². The number of nitrogens with zero attached hydrogens (tertiary/aromatic N) is 1. The molecule has 0 fully saturated rings. The van der Waals surface area contributed by atoms with E-state index in [4.69, 9.17) is 5.73 Å². The lowest BCUT2D eigenvalue weighted by atomic mass is 9.96. The van der Waals surface area contributed by atoms with E-state index >= 15 is 0 Å². The molecule has 1 heterocycles. The minimum atomic E-state index is -4.36. The van der Waals surface area contributed by atoms with Gasteiger partial charge in [-0.3, -0.25) is 4.98 Å². The summed E-state index contributed by atoms with van der Waals surface area (Å²) < 4.78 is 38.0. The molecule has 0 saturated heterocycles. The minimum absolute atomic E-state index is 0.434. The first-order valence-electron chi connectivity index (χ1n) is 5.73. The van der Waals surface area contributed by atoms with E-state index in [1.165, 1.54) is 6.07 Å². The predicted molar refractivity (Wildman–Crippen MR) is 66.4 cm³/mol. The number of rotatable bonds is 2. The number of hydrogen-bond acceptors (Lipinski definition) is 2. The summed E-state index contributed by atoms with van der Waals surface area (Å²) in [5.74, 6) is 0. The number of halogens is 3. The number of aromatic nitrogens is 1. The van der Waals surface area contributed by atoms with E-state index in [1.807, 2.05) is 6.92 Å². The molecule has 1 unspecified atom stereocenters. The molecule has 2 N–H and O–H groups in total. The monoisotopic (exact) mass is 266 g/mol. The van der Waals surface area contributed by atoms with Gasteiger partial charge in [0.05, 0.1) is 11.6 Å². The van der Waals surface area contributed by atoms with Gasteiger partial charge >= 0.3 is 6.18 Å². The lowest BCUT2D eigenvalue weighted by Gasteiger charge is -2.16. The van der Waals surface area contributed by atoms with E-state index in [1.54, 1.807) is 24.5 Å². The van der Waals surface area contributed by atoms with Crippen LogP contribution >= 0.6 is 0 Å². The number of nitrogens with two attached hydrogens (primary N) is 1. The van der Waals surface area contributed by atoms with E-state index < -0.39 is 17.8 Å². The van der Waals surface area contributed by atoms with Crippen LogP contribution in [0.3, 0.4) is 0 Å². The highest BCUT2D eigenvalue weighted by Crippen LogP contribution is 2.31. The Morgan fingerprint density at radius 1 is 1.21 bits per heavy atom. The highest BCUT2D eigenvalue weighted by atomic mass is 19.4. The van der Waals surface area contributed by atoms with Gasteiger partial charge in [-0.25, -0.2) is 0 Å². The van der Waals surface area contributed by atoms with Crippen molar-refractivity contribution in [2.45, 2.75) is 19.1 Å². The first-order valence-corrected chi connectivity index (χ1v) is 5.73. The molecule has 0 aliphatic rings. The summed E-state index contributed by atoms with van der Waals surface area (Å²) in [5.41, 5.74) is 7.41. The van der Waals surface area contributed by atoms with Crippen LogP contribution in [0.2, 0.25) is 0 Å². The highest BCUT2D eigenvalue weighted by molar-refractivity contribution is 5.37.